The average molecular weight is 525 g/mol. The van der Waals surface area contributed by atoms with Crippen molar-refractivity contribution in [3.8, 4) is 0 Å². The van der Waals surface area contributed by atoms with Crippen molar-refractivity contribution in [1.29, 1.82) is 0 Å². The van der Waals surface area contributed by atoms with E-state index < -0.39 is 5.60 Å². The Kier molecular flexibility index (Phi) is 9.12. The third-order valence-electron chi connectivity index (χ3n) is 4.38. The number of aromatic nitrogens is 2. The second-order valence-electron chi connectivity index (χ2n) is 6.87. The molecule has 0 saturated heterocycles. The number of nitrogens with one attached hydrogen (secondary N) is 2. The van der Waals surface area contributed by atoms with E-state index in [1.807, 2.05) is 59.0 Å². The van der Waals surface area contributed by atoms with E-state index in [0.29, 0.717) is 19.0 Å². The summed E-state index contributed by atoms with van der Waals surface area (Å²) in [7, 11) is 0. The topological polar surface area (TPSA) is 74.5 Å². The zero-order valence-corrected chi connectivity index (χ0v) is 19.9. The van der Waals surface area contributed by atoms with Gasteiger partial charge in [0.2, 0.25) is 0 Å². The first-order chi connectivity index (χ1) is 13.6. The molecule has 3 N–H and O–H groups in total. The zero-order chi connectivity index (χ0) is 19.8. The maximum atomic E-state index is 10.7. The van der Waals surface area contributed by atoms with Crippen LogP contribution in [0.25, 0.3) is 0 Å². The van der Waals surface area contributed by atoms with Gasteiger partial charge in [0.15, 0.2) is 5.96 Å². The van der Waals surface area contributed by atoms with Gasteiger partial charge in [-0.05, 0) is 41.8 Å². The molecule has 0 spiro atoms. The minimum Gasteiger partial charge on any atom is -0.384 e. The van der Waals surface area contributed by atoms with Crippen molar-refractivity contribution < 1.29 is 5.11 Å². The summed E-state index contributed by atoms with van der Waals surface area (Å²) in [6, 6.07) is 12.2. The molecule has 1 unspecified atom stereocenters. The molecular formula is C21H28IN5OS. The fraction of sp³-hybridized carbons (Fsp3) is 0.333. The quantitative estimate of drug-likeness (QED) is 0.239. The molecule has 8 heteroatoms. The van der Waals surface area contributed by atoms with E-state index in [9.17, 15) is 5.11 Å². The van der Waals surface area contributed by atoms with Gasteiger partial charge >= 0.3 is 0 Å². The lowest BCUT2D eigenvalue weighted by atomic mass is 9.99. The Bertz CT molecular complexity index is 878. The molecular weight excluding hydrogens is 497 g/mol. The number of guanidine groups is 1. The lowest BCUT2D eigenvalue weighted by molar-refractivity contribution is 0.0621. The number of thiophene rings is 1. The van der Waals surface area contributed by atoms with Gasteiger partial charge in [0.1, 0.15) is 5.60 Å². The Morgan fingerprint density at radius 2 is 2.00 bits per heavy atom. The van der Waals surface area contributed by atoms with E-state index in [-0.39, 0.29) is 24.0 Å². The largest absolute Gasteiger partial charge is 0.384 e. The first-order valence-corrected chi connectivity index (χ1v) is 10.3. The molecule has 0 fully saturated rings. The molecule has 29 heavy (non-hydrogen) atoms. The molecule has 2 aromatic heterocycles. The van der Waals surface area contributed by atoms with Gasteiger partial charge in [-0.2, -0.15) is 16.4 Å². The summed E-state index contributed by atoms with van der Waals surface area (Å²) in [5.41, 5.74) is 2.21. The summed E-state index contributed by atoms with van der Waals surface area (Å²) >= 11 is 1.58. The molecule has 1 atom stereocenters. The first-order valence-electron chi connectivity index (χ1n) is 9.39. The molecule has 0 radical (unpaired) electrons. The molecule has 0 bridgehead atoms. The fourth-order valence-corrected chi connectivity index (χ4v) is 3.57. The summed E-state index contributed by atoms with van der Waals surface area (Å²) in [5.74, 6) is 0.675. The van der Waals surface area contributed by atoms with E-state index in [1.165, 1.54) is 5.56 Å². The molecule has 0 aliphatic heterocycles. The van der Waals surface area contributed by atoms with Crippen LogP contribution in [0.4, 0.5) is 0 Å². The molecule has 3 aromatic rings. The van der Waals surface area contributed by atoms with Crippen LogP contribution in [0, 0.1) is 0 Å². The maximum Gasteiger partial charge on any atom is 0.191 e. The second kappa shape index (κ2) is 11.3. The van der Waals surface area contributed by atoms with Crippen molar-refractivity contribution in [2.45, 2.75) is 32.5 Å². The van der Waals surface area contributed by atoms with Crippen LogP contribution in [0.3, 0.4) is 0 Å². The normalized spacial score (nSPS) is 13.4. The molecule has 0 aliphatic rings. The van der Waals surface area contributed by atoms with Gasteiger partial charge in [-0.25, -0.2) is 4.99 Å². The maximum absolute atomic E-state index is 10.7. The number of hydrogen-bond acceptors (Lipinski definition) is 4. The van der Waals surface area contributed by atoms with Gasteiger partial charge in [-0.3, -0.25) is 4.68 Å². The summed E-state index contributed by atoms with van der Waals surface area (Å²) in [6.45, 7) is 6.21. The summed E-state index contributed by atoms with van der Waals surface area (Å²) < 4.78 is 1.92. The van der Waals surface area contributed by atoms with Gasteiger partial charge in [0, 0.05) is 18.3 Å². The summed E-state index contributed by atoms with van der Waals surface area (Å²) in [4.78, 5) is 4.62. The first kappa shape index (κ1) is 23.4. The highest BCUT2D eigenvalue weighted by molar-refractivity contribution is 14.0. The molecule has 6 nitrogen and oxygen atoms in total. The molecule has 0 aliphatic carbocycles. The number of nitrogens with zero attached hydrogens (tertiary/aromatic N) is 3. The van der Waals surface area contributed by atoms with Crippen LogP contribution in [-0.4, -0.2) is 33.9 Å². The minimum atomic E-state index is -0.948. The summed E-state index contributed by atoms with van der Waals surface area (Å²) in [5, 5.41) is 25.5. The molecule has 156 valence electrons. The molecule has 0 amide bonds. The Balaban J connectivity index is 0.00000300. The number of rotatable bonds is 8. The number of aliphatic imine (C=N–C) groups is 1. The third-order valence-corrected chi connectivity index (χ3v) is 5.06. The van der Waals surface area contributed by atoms with Crippen molar-refractivity contribution in [3.63, 3.8) is 0 Å². The van der Waals surface area contributed by atoms with Crippen LogP contribution in [0.5, 0.6) is 0 Å². The Morgan fingerprint density at radius 3 is 2.69 bits per heavy atom. The van der Waals surface area contributed by atoms with Crippen molar-refractivity contribution in [2.24, 2.45) is 4.99 Å². The van der Waals surface area contributed by atoms with E-state index in [2.05, 4.69) is 32.9 Å². The van der Waals surface area contributed by atoms with Crippen molar-refractivity contribution in [2.75, 3.05) is 13.1 Å². The second-order valence-corrected chi connectivity index (χ2v) is 7.65. The molecule has 2 heterocycles. The zero-order valence-electron chi connectivity index (χ0n) is 16.7. The van der Waals surface area contributed by atoms with Gasteiger partial charge in [0.25, 0.3) is 0 Å². The van der Waals surface area contributed by atoms with Crippen LogP contribution in [0.1, 0.15) is 30.5 Å². The van der Waals surface area contributed by atoms with E-state index >= 15 is 0 Å². The fourth-order valence-electron chi connectivity index (χ4n) is 2.79. The van der Waals surface area contributed by atoms with Crippen LogP contribution in [0.15, 0.2) is 64.5 Å². The standard InChI is InChI=1S/C21H27N5OS.HI/c1-3-22-20(24-16-21(2,27)19-9-10-28-15-19)23-11-18-12-25-26(14-18)13-17-7-5-4-6-8-17;/h4-10,12,14-15,27H,3,11,13,16H2,1-2H3,(H2,22,23,24);1H. The summed E-state index contributed by atoms with van der Waals surface area (Å²) in [6.07, 6.45) is 3.86. The van der Waals surface area contributed by atoms with E-state index in [4.69, 9.17) is 0 Å². The SMILES string of the molecule is CCNC(=NCc1cnn(Cc2ccccc2)c1)NCC(C)(O)c1ccsc1.I. The highest BCUT2D eigenvalue weighted by Gasteiger charge is 2.23. The number of aliphatic hydroxyl groups is 1. The van der Waals surface area contributed by atoms with Gasteiger partial charge in [0.05, 0.1) is 25.8 Å². The Labute approximate surface area is 193 Å². The minimum absolute atomic E-state index is 0. The van der Waals surface area contributed by atoms with Crippen LogP contribution in [0.2, 0.25) is 0 Å². The highest BCUT2D eigenvalue weighted by Crippen LogP contribution is 2.21. The average Bonchev–Trinajstić information content (AvgIpc) is 3.37. The number of hydrogen-bond donors (Lipinski definition) is 3. The number of benzene rings is 1. The predicted molar refractivity (Wildman–Crippen MR) is 130 cm³/mol. The van der Waals surface area contributed by atoms with Crippen molar-refractivity contribution >= 4 is 41.3 Å². The Morgan fingerprint density at radius 1 is 1.21 bits per heavy atom. The highest BCUT2D eigenvalue weighted by atomic mass is 127. The van der Waals surface area contributed by atoms with Crippen LogP contribution >= 0.6 is 35.3 Å². The smallest absolute Gasteiger partial charge is 0.191 e. The van der Waals surface area contributed by atoms with Crippen molar-refractivity contribution in [1.82, 2.24) is 20.4 Å². The van der Waals surface area contributed by atoms with E-state index in [1.54, 1.807) is 18.3 Å². The number of halogens is 1. The van der Waals surface area contributed by atoms with Gasteiger partial charge in [-0.15, -0.1) is 24.0 Å². The van der Waals surface area contributed by atoms with Crippen LogP contribution < -0.4 is 10.6 Å². The van der Waals surface area contributed by atoms with E-state index in [0.717, 1.165) is 24.2 Å². The predicted octanol–water partition coefficient (Wildman–Crippen LogP) is 3.57. The molecule has 1 aromatic carbocycles. The molecule has 3 rings (SSSR count). The monoisotopic (exact) mass is 525 g/mol. The lowest BCUT2D eigenvalue weighted by Crippen LogP contribution is -2.44. The third kappa shape index (κ3) is 7.13. The lowest BCUT2D eigenvalue weighted by Gasteiger charge is -2.24. The van der Waals surface area contributed by atoms with Crippen molar-refractivity contribution in [3.05, 3.63) is 76.2 Å². The Hall–Kier alpha value is -1.91. The van der Waals surface area contributed by atoms with Crippen LogP contribution in [-0.2, 0) is 18.7 Å². The molecule has 0 saturated carbocycles. The van der Waals surface area contributed by atoms with Gasteiger partial charge < -0.3 is 15.7 Å². The van der Waals surface area contributed by atoms with Gasteiger partial charge in [-0.1, -0.05) is 30.3 Å².